The van der Waals surface area contributed by atoms with E-state index in [1.54, 1.807) is 13.8 Å². The number of rotatable bonds is 4. The Balaban J connectivity index is 1.45. The fourth-order valence-corrected chi connectivity index (χ4v) is 4.89. The van der Waals surface area contributed by atoms with Gasteiger partial charge in [-0.15, -0.1) is 0 Å². The normalized spacial score (nSPS) is 23.0. The van der Waals surface area contributed by atoms with Gasteiger partial charge in [-0.2, -0.15) is 4.98 Å². The maximum absolute atomic E-state index is 12.9. The molecular weight excluding hydrogens is 386 g/mol. The Labute approximate surface area is 175 Å². The van der Waals surface area contributed by atoms with Crippen molar-refractivity contribution in [1.29, 1.82) is 0 Å². The molecule has 2 saturated heterocycles. The molecule has 4 amide bonds. The Morgan fingerprint density at radius 1 is 1.20 bits per heavy atom. The van der Waals surface area contributed by atoms with E-state index in [9.17, 15) is 19.2 Å². The standard InChI is InChI=1S/C21H29N5O4/c1-13-17(25-10-5-7-15(25)22-18(13)28)14-6-4-9-24(12-14)16(27)8-11-26-19(29)21(2,3)23-20(26)30/h14H,4-12H2,1-3H3,(H,23,30)/t14-/m0/s1. The van der Waals surface area contributed by atoms with E-state index in [-0.39, 0.29) is 36.3 Å². The molecular formula is C21H29N5O4. The van der Waals surface area contributed by atoms with E-state index in [2.05, 4.69) is 14.9 Å². The van der Waals surface area contributed by atoms with Crippen molar-refractivity contribution in [2.24, 2.45) is 0 Å². The second-order valence-electron chi connectivity index (χ2n) is 9.04. The van der Waals surface area contributed by atoms with E-state index in [4.69, 9.17) is 0 Å². The highest BCUT2D eigenvalue weighted by Gasteiger charge is 2.44. The van der Waals surface area contributed by atoms with Gasteiger partial charge in [-0.3, -0.25) is 19.3 Å². The van der Waals surface area contributed by atoms with Crippen molar-refractivity contribution in [1.82, 2.24) is 24.7 Å². The molecule has 0 bridgehead atoms. The van der Waals surface area contributed by atoms with E-state index in [0.717, 1.165) is 48.6 Å². The minimum absolute atomic E-state index is 0.0688. The molecule has 1 aromatic rings. The summed E-state index contributed by atoms with van der Waals surface area (Å²) in [6.45, 7) is 7.29. The van der Waals surface area contributed by atoms with Crippen LogP contribution in [0.5, 0.6) is 0 Å². The van der Waals surface area contributed by atoms with Crippen LogP contribution in [0.1, 0.15) is 62.5 Å². The molecule has 3 aliphatic rings. The van der Waals surface area contributed by atoms with Crippen LogP contribution in [0.2, 0.25) is 0 Å². The Kier molecular flexibility index (Phi) is 5.15. The molecule has 2 fully saturated rings. The summed E-state index contributed by atoms with van der Waals surface area (Å²) < 4.78 is 2.17. The number of piperidine rings is 1. The third kappa shape index (κ3) is 3.50. The van der Waals surface area contributed by atoms with Crippen LogP contribution in [-0.4, -0.2) is 62.4 Å². The topological polar surface area (TPSA) is 105 Å². The van der Waals surface area contributed by atoms with Gasteiger partial charge in [-0.05, 0) is 40.0 Å². The summed E-state index contributed by atoms with van der Waals surface area (Å²) in [6, 6.07) is -0.448. The number of likely N-dealkylation sites (tertiary alicyclic amines) is 1. The fraction of sp³-hybridized carbons (Fsp3) is 0.667. The number of imide groups is 1. The Morgan fingerprint density at radius 3 is 2.67 bits per heavy atom. The molecule has 3 aliphatic heterocycles. The molecule has 0 aliphatic carbocycles. The summed E-state index contributed by atoms with van der Waals surface area (Å²) in [5.41, 5.74) is 0.614. The number of aromatic nitrogens is 2. The lowest BCUT2D eigenvalue weighted by molar-refractivity contribution is -0.134. The van der Waals surface area contributed by atoms with Crippen LogP contribution >= 0.6 is 0 Å². The number of nitrogens with zero attached hydrogens (tertiary/aromatic N) is 4. The fourth-order valence-electron chi connectivity index (χ4n) is 4.89. The number of amides is 4. The zero-order valence-corrected chi connectivity index (χ0v) is 17.9. The lowest BCUT2D eigenvalue weighted by Crippen LogP contribution is -2.43. The van der Waals surface area contributed by atoms with Crippen LogP contribution in [0.4, 0.5) is 4.79 Å². The highest BCUT2D eigenvalue weighted by molar-refractivity contribution is 6.06. The molecule has 4 rings (SSSR count). The molecule has 0 saturated carbocycles. The van der Waals surface area contributed by atoms with Crippen molar-refractivity contribution >= 4 is 17.8 Å². The van der Waals surface area contributed by atoms with Crippen molar-refractivity contribution in [3.63, 3.8) is 0 Å². The number of nitrogens with one attached hydrogen (secondary N) is 1. The van der Waals surface area contributed by atoms with Gasteiger partial charge in [-0.1, -0.05) is 0 Å². The first kappa shape index (κ1) is 20.6. The molecule has 1 aromatic heterocycles. The number of fused-ring (bicyclic) bond motifs is 1. The number of aryl methyl sites for hydroxylation is 1. The van der Waals surface area contributed by atoms with Gasteiger partial charge in [0.05, 0.1) is 0 Å². The second kappa shape index (κ2) is 7.52. The van der Waals surface area contributed by atoms with Gasteiger partial charge >= 0.3 is 6.03 Å². The van der Waals surface area contributed by atoms with Crippen LogP contribution in [0.3, 0.4) is 0 Å². The van der Waals surface area contributed by atoms with E-state index in [1.165, 1.54) is 0 Å². The van der Waals surface area contributed by atoms with Crippen LogP contribution in [0.15, 0.2) is 4.79 Å². The van der Waals surface area contributed by atoms with Crippen molar-refractivity contribution in [2.45, 2.75) is 70.9 Å². The van der Waals surface area contributed by atoms with Crippen LogP contribution < -0.4 is 10.9 Å². The number of carbonyl (C=O) groups is 3. The lowest BCUT2D eigenvalue weighted by Gasteiger charge is -2.35. The van der Waals surface area contributed by atoms with Crippen molar-refractivity contribution in [3.8, 4) is 0 Å². The second-order valence-corrected chi connectivity index (χ2v) is 9.04. The Bertz CT molecular complexity index is 967. The van der Waals surface area contributed by atoms with Crippen molar-refractivity contribution < 1.29 is 14.4 Å². The largest absolute Gasteiger partial charge is 0.342 e. The van der Waals surface area contributed by atoms with Gasteiger partial charge in [0, 0.05) is 56.2 Å². The average Bonchev–Trinajstić information content (AvgIpc) is 3.23. The monoisotopic (exact) mass is 415 g/mol. The van der Waals surface area contributed by atoms with Crippen molar-refractivity contribution in [2.75, 3.05) is 19.6 Å². The van der Waals surface area contributed by atoms with Gasteiger partial charge in [0.2, 0.25) is 5.91 Å². The summed E-state index contributed by atoms with van der Waals surface area (Å²) in [5, 5.41) is 2.63. The summed E-state index contributed by atoms with van der Waals surface area (Å²) in [5.74, 6) is 0.580. The van der Waals surface area contributed by atoms with Crippen LogP contribution in [0.25, 0.3) is 0 Å². The van der Waals surface area contributed by atoms with E-state index in [0.29, 0.717) is 18.7 Å². The molecule has 1 atom stereocenters. The van der Waals surface area contributed by atoms with Crippen LogP contribution in [0, 0.1) is 6.92 Å². The van der Waals surface area contributed by atoms with Crippen molar-refractivity contribution in [3.05, 3.63) is 27.4 Å². The molecule has 0 unspecified atom stereocenters. The summed E-state index contributed by atoms with van der Waals surface area (Å²) in [4.78, 5) is 56.7. The summed E-state index contributed by atoms with van der Waals surface area (Å²) in [7, 11) is 0. The highest BCUT2D eigenvalue weighted by atomic mass is 16.2. The third-order valence-electron chi connectivity index (χ3n) is 6.47. The highest BCUT2D eigenvalue weighted by Crippen LogP contribution is 2.31. The van der Waals surface area contributed by atoms with Gasteiger partial charge in [-0.25, -0.2) is 4.79 Å². The Morgan fingerprint density at radius 2 is 1.97 bits per heavy atom. The van der Waals surface area contributed by atoms with Gasteiger partial charge in [0.25, 0.3) is 11.5 Å². The number of hydrogen-bond donors (Lipinski definition) is 1. The first-order valence-electron chi connectivity index (χ1n) is 10.7. The number of urea groups is 1. The van der Waals surface area contributed by atoms with E-state index >= 15 is 0 Å². The molecule has 9 nitrogen and oxygen atoms in total. The smallest absolute Gasteiger partial charge is 0.325 e. The van der Waals surface area contributed by atoms with Gasteiger partial charge < -0.3 is 14.8 Å². The number of carbonyl (C=O) groups excluding carboxylic acids is 3. The zero-order valence-electron chi connectivity index (χ0n) is 17.9. The van der Waals surface area contributed by atoms with Gasteiger partial charge in [0.1, 0.15) is 11.4 Å². The van der Waals surface area contributed by atoms with Crippen LogP contribution in [-0.2, 0) is 22.6 Å². The predicted octanol–water partition coefficient (Wildman–Crippen LogP) is 0.924. The minimum Gasteiger partial charge on any atom is -0.342 e. The Hall–Kier alpha value is -2.71. The predicted molar refractivity (Wildman–Crippen MR) is 109 cm³/mol. The third-order valence-corrected chi connectivity index (χ3v) is 6.47. The molecule has 1 N–H and O–H groups in total. The minimum atomic E-state index is -0.928. The molecule has 0 aromatic carbocycles. The average molecular weight is 415 g/mol. The van der Waals surface area contributed by atoms with Gasteiger partial charge in [0.15, 0.2) is 0 Å². The maximum atomic E-state index is 12.9. The summed E-state index contributed by atoms with van der Waals surface area (Å²) >= 11 is 0. The molecule has 9 heteroatoms. The number of hydrogen-bond acceptors (Lipinski definition) is 5. The van der Waals surface area contributed by atoms with E-state index in [1.807, 2.05) is 11.8 Å². The zero-order chi connectivity index (χ0) is 21.6. The quantitative estimate of drug-likeness (QED) is 0.737. The lowest BCUT2D eigenvalue weighted by atomic mass is 9.91. The molecule has 0 radical (unpaired) electrons. The first-order chi connectivity index (χ1) is 14.2. The molecule has 4 heterocycles. The molecule has 0 spiro atoms. The molecule has 30 heavy (non-hydrogen) atoms. The molecule has 162 valence electrons. The van der Waals surface area contributed by atoms with E-state index < -0.39 is 11.6 Å². The first-order valence-corrected chi connectivity index (χ1v) is 10.7. The maximum Gasteiger partial charge on any atom is 0.325 e. The summed E-state index contributed by atoms with van der Waals surface area (Å²) in [6.07, 6.45) is 3.70. The SMILES string of the molecule is Cc1c([C@H]2CCCN(C(=O)CCN3C(=O)NC(C)(C)C3=O)C2)n2c(nc1=O)CCC2.